The van der Waals surface area contributed by atoms with Gasteiger partial charge in [0.25, 0.3) is 5.91 Å². The molecule has 0 saturated carbocycles. The molecule has 0 spiro atoms. The van der Waals surface area contributed by atoms with E-state index in [1.165, 1.54) is 30.0 Å². The summed E-state index contributed by atoms with van der Waals surface area (Å²) < 4.78 is 16.5. The highest BCUT2D eigenvalue weighted by atomic mass is 79.9. The lowest BCUT2D eigenvalue weighted by molar-refractivity contribution is 0.0949. The van der Waals surface area contributed by atoms with E-state index in [0.717, 1.165) is 4.47 Å². The zero-order valence-electron chi connectivity index (χ0n) is 16.3. The van der Waals surface area contributed by atoms with Gasteiger partial charge >= 0.3 is 0 Å². The Labute approximate surface area is 186 Å². The second kappa shape index (κ2) is 10.5. The van der Waals surface area contributed by atoms with Crippen LogP contribution in [0, 0.1) is 5.82 Å². The molecule has 6 nitrogen and oxygen atoms in total. The molecule has 0 bridgehead atoms. The van der Waals surface area contributed by atoms with Gasteiger partial charge in [-0.3, -0.25) is 9.59 Å². The minimum Gasteiger partial charge on any atom is -0.351 e. The Morgan fingerprint density at radius 1 is 1.13 bits per heavy atom. The van der Waals surface area contributed by atoms with Crippen LogP contribution in [-0.4, -0.2) is 38.8 Å². The van der Waals surface area contributed by atoms with Crippen LogP contribution in [0.2, 0.25) is 0 Å². The summed E-state index contributed by atoms with van der Waals surface area (Å²) in [4.78, 5) is 24.5. The van der Waals surface area contributed by atoms with Gasteiger partial charge in [0, 0.05) is 29.5 Å². The number of aromatic nitrogens is 3. The maximum atomic E-state index is 13.7. The fourth-order valence-corrected chi connectivity index (χ4v) is 3.99. The second-order valence-corrected chi connectivity index (χ2v) is 8.21. The topological polar surface area (TPSA) is 76.9 Å². The number of carbonyl (C=O) groups excluding carboxylic acids is 2. The van der Waals surface area contributed by atoms with Crippen LogP contribution in [0.3, 0.4) is 0 Å². The molecule has 0 saturated heterocycles. The first-order valence-corrected chi connectivity index (χ1v) is 11.1. The SMILES string of the molecule is CCn1c(CCNC(=O)c2ccccc2F)nnc1SCC(=O)c1ccc(Br)cc1. The van der Waals surface area contributed by atoms with Crippen LogP contribution in [0.25, 0.3) is 0 Å². The number of hydrogen-bond donors (Lipinski definition) is 1. The van der Waals surface area contributed by atoms with Gasteiger partial charge < -0.3 is 9.88 Å². The highest BCUT2D eigenvalue weighted by Crippen LogP contribution is 2.20. The van der Waals surface area contributed by atoms with E-state index in [1.807, 2.05) is 23.6 Å². The van der Waals surface area contributed by atoms with E-state index in [1.54, 1.807) is 18.2 Å². The predicted octanol–water partition coefficient (Wildman–Crippen LogP) is 4.15. The Morgan fingerprint density at radius 2 is 1.87 bits per heavy atom. The van der Waals surface area contributed by atoms with E-state index in [0.29, 0.717) is 36.1 Å². The van der Waals surface area contributed by atoms with Gasteiger partial charge in [-0.1, -0.05) is 52.0 Å². The number of halogens is 2. The summed E-state index contributed by atoms with van der Waals surface area (Å²) in [5, 5.41) is 11.7. The minimum absolute atomic E-state index is 0.0110. The first kappa shape index (κ1) is 22.2. The summed E-state index contributed by atoms with van der Waals surface area (Å²) in [6.07, 6.45) is 0.447. The van der Waals surface area contributed by atoms with Crippen LogP contribution >= 0.6 is 27.7 Å². The van der Waals surface area contributed by atoms with Crippen molar-refractivity contribution in [1.29, 1.82) is 0 Å². The molecular weight excluding hydrogens is 471 g/mol. The number of rotatable bonds is 9. The first-order valence-electron chi connectivity index (χ1n) is 9.36. The molecule has 1 aromatic heterocycles. The predicted molar refractivity (Wildman–Crippen MR) is 117 cm³/mol. The molecule has 1 N–H and O–H groups in total. The Hall–Kier alpha value is -2.52. The summed E-state index contributed by atoms with van der Waals surface area (Å²) in [5.74, 6) is -0.0583. The molecular formula is C21H20BrFN4O2S. The van der Waals surface area contributed by atoms with Crippen molar-refractivity contribution in [1.82, 2.24) is 20.1 Å². The van der Waals surface area contributed by atoms with E-state index in [9.17, 15) is 14.0 Å². The van der Waals surface area contributed by atoms with Crippen molar-refractivity contribution in [2.45, 2.75) is 25.0 Å². The smallest absolute Gasteiger partial charge is 0.254 e. The monoisotopic (exact) mass is 490 g/mol. The van der Waals surface area contributed by atoms with E-state index < -0.39 is 11.7 Å². The molecule has 0 atom stereocenters. The van der Waals surface area contributed by atoms with Crippen LogP contribution in [0.1, 0.15) is 33.5 Å². The Kier molecular flexibility index (Phi) is 7.75. The fraction of sp³-hybridized carbons (Fsp3) is 0.238. The third-order valence-electron chi connectivity index (χ3n) is 4.36. The highest BCUT2D eigenvalue weighted by molar-refractivity contribution is 9.10. The van der Waals surface area contributed by atoms with Crippen molar-refractivity contribution in [2.75, 3.05) is 12.3 Å². The Balaban J connectivity index is 1.56. The zero-order chi connectivity index (χ0) is 21.5. The van der Waals surface area contributed by atoms with Crippen molar-refractivity contribution in [3.05, 3.63) is 75.8 Å². The number of hydrogen-bond acceptors (Lipinski definition) is 5. The van der Waals surface area contributed by atoms with Crippen LogP contribution in [0.4, 0.5) is 4.39 Å². The minimum atomic E-state index is -0.555. The Bertz CT molecular complexity index is 1040. The van der Waals surface area contributed by atoms with Gasteiger partial charge in [-0.2, -0.15) is 0 Å². The lowest BCUT2D eigenvalue weighted by Gasteiger charge is -2.08. The van der Waals surface area contributed by atoms with Gasteiger partial charge in [-0.15, -0.1) is 10.2 Å². The first-order chi connectivity index (χ1) is 14.5. The maximum Gasteiger partial charge on any atom is 0.254 e. The summed E-state index contributed by atoms with van der Waals surface area (Å²) >= 11 is 4.68. The van der Waals surface area contributed by atoms with Gasteiger partial charge in [-0.25, -0.2) is 4.39 Å². The number of carbonyl (C=O) groups is 2. The summed E-state index contributed by atoms with van der Waals surface area (Å²) in [6, 6.07) is 13.1. The van der Waals surface area contributed by atoms with E-state index in [4.69, 9.17) is 0 Å². The lowest BCUT2D eigenvalue weighted by atomic mass is 10.2. The molecule has 0 unspecified atom stereocenters. The quantitative estimate of drug-likeness (QED) is 0.360. The molecule has 1 heterocycles. The average molecular weight is 491 g/mol. The maximum absolute atomic E-state index is 13.7. The molecule has 156 valence electrons. The van der Waals surface area contributed by atoms with Crippen molar-refractivity contribution in [3.8, 4) is 0 Å². The molecule has 0 aliphatic carbocycles. The van der Waals surface area contributed by atoms with Gasteiger partial charge in [0.1, 0.15) is 11.6 Å². The van der Waals surface area contributed by atoms with Crippen molar-refractivity contribution in [3.63, 3.8) is 0 Å². The number of thioether (sulfide) groups is 1. The molecule has 0 aliphatic heterocycles. The van der Waals surface area contributed by atoms with Gasteiger partial charge in [0.15, 0.2) is 10.9 Å². The molecule has 2 aromatic carbocycles. The van der Waals surface area contributed by atoms with Crippen LogP contribution in [-0.2, 0) is 13.0 Å². The molecule has 0 fully saturated rings. The highest BCUT2D eigenvalue weighted by Gasteiger charge is 2.15. The number of nitrogens with zero attached hydrogens (tertiary/aromatic N) is 3. The zero-order valence-corrected chi connectivity index (χ0v) is 18.7. The Morgan fingerprint density at radius 3 is 2.57 bits per heavy atom. The fourth-order valence-electron chi connectivity index (χ4n) is 2.81. The van der Waals surface area contributed by atoms with Crippen molar-refractivity contribution < 1.29 is 14.0 Å². The second-order valence-electron chi connectivity index (χ2n) is 6.35. The molecule has 9 heteroatoms. The summed E-state index contributed by atoms with van der Waals surface area (Å²) in [7, 11) is 0. The largest absolute Gasteiger partial charge is 0.351 e. The standard InChI is InChI=1S/C21H20BrFN4O2S/c1-2-27-19(11-12-24-20(29)16-5-3-4-6-17(16)23)25-26-21(27)30-13-18(28)14-7-9-15(22)10-8-14/h3-10H,2,11-13H2,1H3,(H,24,29). The number of amides is 1. The number of benzene rings is 2. The molecule has 0 aliphatic rings. The van der Waals surface area contributed by atoms with E-state index in [2.05, 4.69) is 31.4 Å². The average Bonchev–Trinajstić information content (AvgIpc) is 3.14. The summed E-state index contributed by atoms with van der Waals surface area (Å²) in [6.45, 7) is 2.90. The molecule has 3 rings (SSSR count). The number of nitrogens with one attached hydrogen (secondary N) is 1. The summed E-state index contributed by atoms with van der Waals surface area (Å²) in [5.41, 5.74) is 0.654. The third-order valence-corrected chi connectivity index (χ3v) is 5.86. The van der Waals surface area contributed by atoms with Gasteiger partial charge in [0.05, 0.1) is 11.3 Å². The van der Waals surface area contributed by atoms with E-state index >= 15 is 0 Å². The molecule has 3 aromatic rings. The normalized spacial score (nSPS) is 10.8. The van der Waals surface area contributed by atoms with Crippen LogP contribution < -0.4 is 5.32 Å². The van der Waals surface area contributed by atoms with Crippen LogP contribution in [0.5, 0.6) is 0 Å². The number of Topliss-reactive ketones (excluding diaryl/α,β-unsaturated/α-hetero) is 1. The van der Waals surface area contributed by atoms with Crippen LogP contribution in [0.15, 0.2) is 58.2 Å². The van der Waals surface area contributed by atoms with Gasteiger partial charge in [-0.05, 0) is 31.2 Å². The number of ketones is 1. The van der Waals surface area contributed by atoms with Crippen molar-refractivity contribution >= 4 is 39.4 Å². The van der Waals surface area contributed by atoms with Crippen molar-refractivity contribution in [2.24, 2.45) is 0 Å². The molecule has 30 heavy (non-hydrogen) atoms. The lowest BCUT2D eigenvalue weighted by Crippen LogP contribution is -2.27. The van der Waals surface area contributed by atoms with Gasteiger partial charge in [0.2, 0.25) is 0 Å². The molecule has 1 amide bonds. The molecule has 0 radical (unpaired) electrons. The van der Waals surface area contributed by atoms with E-state index in [-0.39, 0.29) is 17.1 Å². The third kappa shape index (κ3) is 5.54.